The van der Waals surface area contributed by atoms with Crippen molar-refractivity contribution in [3.05, 3.63) is 86.8 Å². The third-order valence-electron chi connectivity index (χ3n) is 8.07. The standard InChI is InChI=1S/C30H26ClF5N4O4/c1-15-27-16(8-21(30(34,35)36)28(38-27)44-14-20-22(32)10-18(31)11-23(20)33)4-6-39(15)13-26-37-24-3-2-17(29(41)42)9-25(24)40(26)12-19-5-7-43-19/h2-3,8-11,15,19H,4-7,12-14H2,1H3,(H,41,42)/t15-,19-/m0/s1. The predicted molar refractivity (Wildman–Crippen MR) is 149 cm³/mol. The number of halogens is 6. The van der Waals surface area contributed by atoms with Crippen molar-refractivity contribution >= 4 is 28.6 Å². The van der Waals surface area contributed by atoms with Gasteiger partial charge in [0.2, 0.25) is 5.88 Å². The molecule has 14 heteroatoms. The Morgan fingerprint density at radius 1 is 1.16 bits per heavy atom. The normalized spacial score (nSPS) is 18.7. The SMILES string of the molecule is C[C@H]1c2nc(OCc3c(F)cc(Cl)cc3F)c(C(F)(F)F)cc2CCN1Cc1nc2ccc(C(=O)O)cc2n1C[C@@H]1CCO1. The molecule has 1 N–H and O–H groups in total. The Morgan fingerprint density at radius 3 is 2.52 bits per heavy atom. The summed E-state index contributed by atoms with van der Waals surface area (Å²) in [5, 5.41) is 9.31. The molecule has 6 rings (SSSR count). The van der Waals surface area contributed by atoms with Crippen molar-refractivity contribution in [1.82, 2.24) is 19.4 Å². The van der Waals surface area contributed by atoms with Crippen LogP contribution in [0.25, 0.3) is 11.0 Å². The summed E-state index contributed by atoms with van der Waals surface area (Å²) in [6, 6.07) is 6.90. The molecule has 2 aromatic heterocycles. The van der Waals surface area contributed by atoms with Gasteiger partial charge in [0.1, 0.15) is 29.6 Å². The molecule has 4 aromatic rings. The number of alkyl halides is 3. The largest absolute Gasteiger partial charge is 0.478 e. The summed E-state index contributed by atoms with van der Waals surface area (Å²) in [7, 11) is 0. The molecule has 8 nitrogen and oxygen atoms in total. The van der Waals surface area contributed by atoms with Crippen LogP contribution in [0.4, 0.5) is 22.0 Å². The van der Waals surface area contributed by atoms with Crippen LogP contribution in [-0.2, 0) is 37.0 Å². The number of nitrogens with zero attached hydrogens (tertiary/aromatic N) is 4. The molecule has 44 heavy (non-hydrogen) atoms. The fraction of sp³-hybridized carbons (Fsp3) is 0.367. The van der Waals surface area contributed by atoms with Crippen LogP contribution in [0.3, 0.4) is 0 Å². The number of rotatable bonds is 8. The van der Waals surface area contributed by atoms with E-state index in [4.69, 9.17) is 26.1 Å². The van der Waals surface area contributed by atoms with Crippen molar-refractivity contribution in [3.63, 3.8) is 0 Å². The molecule has 1 fully saturated rings. The molecule has 0 bridgehead atoms. The Bertz CT molecular complexity index is 1730. The van der Waals surface area contributed by atoms with Crippen LogP contribution in [0.1, 0.15) is 58.0 Å². The first kappa shape index (κ1) is 30.2. The summed E-state index contributed by atoms with van der Waals surface area (Å²) in [5.41, 5.74) is 0.399. The van der Waals surface area contributed by atoms with Gasteiger partial charge in [-0.15, -0.1) is 0 Å². The summed E-state index contributed by atoms with van der Waals surface area (Å²) < 4.78 is 83.6. The van der Waals surface area contributed by atoms with E-state index in [1.54, 1.807) is 19.1 Å². The van der Waals surface area contributed by atoms with Crippen molar-refractivity contribution < 1.29 is 41.3 Å². The Labute approximate surface area is 253 Å². The number of carboxylic acid groups (broad SMARTS) is 1. The Kier molecular flexibility index (Phi) is 7.97. The first-order valence-corrected chi connectivity index (χ1v) is 14.2. The lowest BCUT2D eigenvalue weighted by molar-refractivity contribution is -0.139. The summed E-state index contributed by atoms with van der Waals surface area (Å²) >= 11 is 5.66. The third kappa shape index (κ3) is 5.83. The second kappa shape index (κ2) is 11.6. The molecule has 4 heterocycles. The van der Waals surface area contributed by atoms with Gasteiger partial charge in [0, 0.05) is 18.2 Å². The van der Waals surface area contributed by atoms with Gasteiger partial charge in [0.05, 0.1) is 53.1 Å². The molecule has 2 aliphatic rings. The van der Waals surface area contributed by atoms with Gasteiger partial charge in [-0.05, 0) is 61.7 Å². The smallest absolute Gasteiger partial charge is 0.421 e. The topological polar surface area (TPSA) is 89.7 Å². The molecular formula is C30H26ClF5N4O4. The van der Waals surface area contributed by atoms with Gasteiger partial charge in [-0.25, -0.2) is 23.5 Å². The molecule has 0 aliphatic carbocycles. The van der Waals surface area contributed by atoms with E-state index in [1.165, 1.54) is 6.07 Å². The summed E-state index contributed by atoms with van der Waals surface area (Å²) in [5.74, 6) is -3.30. The molecule has 2 aromatic carbocycles. The number of carbonyl (C=O) groups is 1. The zero-order chi connectivity index (χ0) is 31.3. The molecule has 0 spiro atoms. The Morgan fingerprint density at radius 2 is 1.89 bits per heavy atom. The van der Waals surface area contributed by atoms with Gasteiger partial charge in [0.25, 0.3) is 0 Å². The van der Waals surface area contributed by atoms with Crippen LogP contribution in [0.15, 0.2) is 36.4 Å². The second-order valence-corrected chi connectivity index (χ2v) is 11.3. The number of ether oxygens (including phenoxy) is 2. The van der Waals surface area contributed by atoms with E-state index in [1.807, 2.05) is 9.47 Å². The molecular weight excluding hydrogens is 611 g/mol. The average Bonchev–Trinajstić information content (AvgIpc) is 3.26. The molecule has 0 amide bonds. The van der Waals surface area contributed by atoms with Crippen LogP contribution >= 0.6 is 11.6 Å². The lowest BCUT2D eigenvalue weighted by atomic mass is 9.97. The quantitative estimate of drug-likeness (QED) is 0.219. The minimum absolute atomic E-state index is 0.0448. The number of benzene rings is 2. The van der Waals surface area contributed by atoms with Gasteiger partial charge < -0.3 is 19.1 Å². The first-order valence-electron chi connectivity index (χ1n) is 13.8. The molecule has 2 aliphatic heterocycles. The van der Waals surface area contributed by atoms with E-state index in [-0.39, 0.29) is 23.1 Å². The first-order chi connectivity index (χ1) is 20.9. The van der Waals surface area contributed by atoms with E-state index in [2.05, 4.69) is 4.98 Å². The molecule has 0 saturated carbocycles. The molecule has 0 radical (unpaired) electrons. The molecule has 232 valence electrons. The number of pyridine rings is 1. The number of hydrogen-bond donors (Lipinski definition) is 1. The number of fused-ring (bicyclic) bond motifs is 2. The summed E-state index contributed by atoms with van der Waals surface area (Å²) in [4.78, 5) is 22.6. The van der Waals surface area contributed by atoms with Crippen LogP contribution in [0, 0.1) is 11.6 Å². The fourth-order valence-electron chi connectivity index (χ4n) is 5.57. The van der Waals surface area contributed by atoms with Gasteiger partial charge in [-0.1, -0.05) is 11.6 Å². The van der Waals surface area contributed by atoms with Crippen LogP contribution < -0.4 is 4.74 Å². The van der Waals surface area contributed by atoms with E-state index >= 15 is 0 Å². The Balaban J connectivity index is 1.31. The zero-order valence-corrected chi connectivity index (χ0v) is 24.1. The molecule has 2 atom stereocenters. The molecule has 1 saturated heterocycles. The maximum absolute atomic E-state index is 14.3. The van der Waals surface area contributed by atoms with E-state index < -0.39 is 53.4 Å². The molecule has 0 unspecified atom stereocenters. The lowest BCUT2D eigenvalue weighted by Gasteiger charge is -2.35. The highest BCUT2D eigenvalue weighted by molar-refractivity contribution is 6.30. The minimum Gasteiger partial charge on any atom is -0.478 e. The van der Waals surface area contributed by atoms with Gasteiger partial charge in [-0.2, -0.15) is 13.2 Å². The fourth-order valence-corrected chi connectivity index (χ4v) is 5.76. The van der Waals surface area contributed by atoms with Crippen molar-refractivity contribution in [2.45, 2.75) is 57.8 Å². The van der Waals surface area contributed by atoms with Gasteiger partial charge in [0.15, 0.2) is 0 Å². The maximum atomic E-state index is 14.3. The van der Waals surface area contributed by atoms with Crippen molar-refractivity contribution in [1.29, 1.82) is 0 Å². The second-order valence-electron chi connectivity index (χ2n) is 10.8. The van der Waals surface area contributed by atoms with Crippen molar-refractivity contribution in [2.75, 3.05) is 13.2 Å². The lowest BCUT2D eigenvalue weighted by Crippen LogP contribution is -2.36. The highest BCUT2D eigenvalue weighted by Crippen LogP contribution is 2.40. The van der Waals surface area contributed by atoms with Crippen LogP contribution in [0.5, 0.6) is 5.88 Å². The Hall–Kier alpha value is -3.81. The number of aromatic nitrogens is 3. The van der Waals surface area contributed by atoms with Gasteiger partial charge >= 0.3 is 12.1 Å². The predicted octanol–water partition coefficient (Wildman–Crippen LogP) is 6.57. The summed E-state index contributed by atoms with van der Waals surface area (Å²) in [6.45, 7) is 2.78. The van der Waals surface area contributed by atoms with Crippen molar-refractivity contribution in [2.24, 2.45) is 0 Å². The van der Waals surface area contributed by atoms with Crippen LogP contribution in [-0.4, -0.2) is 49.8 Å². The van der Waals surface area contributed by atoms with E-state index in [0.29, 0.717) is 54.4 Å². The number of carboxylic acids is 1. The number of aromatic carboxylic acids is 1. The number of hydrogen-bond acceptors (Lipinski definition) is 6. The highest BCUT2D eigenvalue weighted by Gasteiger charge is 2.39. The maximum Gasteiger partial charge on any atom is 0.421 e. The van der Waals surface area contributed by atoms with Crippen LogP contribution in [0.2, 0.25) is 5.02 Å². The average molecular weight is 637 g/mol. The third-order valence-corrected chi connectivity index (χ3v) is 8.29. The van der Waals surface area contributed by atoms with E-state index in [9.17, 15) is 31.9 Å². The number of imidazole rings is 1. The summed E-state index contributed by atoms with van der Waals surface area (Å²) in [6.07, 6.45) is -3.76. The van der Waals surface area contributed by atoms with Gasteiger partial charge in [-0.3, -0.25) is 4.90 Å². The minimum atomic E-state index is -4.82. The zero-order valence-electron chi connectivity index (χ0n) is 23.3. The van der Waals surface area contributed by atoms with Crippen molar-refractivity contribution in [3.8, 4) is 5.88 Å². The van der Waals surface area contributed by atoms with E-state index in [0.717, 1.165) is 24.6 Å². The highest BCUT2D eigenvalue weighted by atomic mass is 35.5. The monoisotopic (exact) mass is 636 g/mol.